The number of rotatable bonds is 4. The van der Waals surface area contributed by atoms with E-state index in [-0.39, 0.29) is 0 Å². The lowest BCUT2D eigenvalue weighted by molar-refractivity contribution is 0.284. The fraction of sp³-hybridized carbons (Fsp3) is 0.591. The van der Waals surface area contributed by atoms with Crippen LogP contribution in [0.5, 0.6) is 0 Å². The van der Waals surface area contributed by atoms with Gasteiger partial charge in [0.25, 0.3) is 0 Å². The molecule has 0 bridgehead atoms. The molecule has 2 unspecified atom stereocenters. The first-order valence-electron chi connectivity index (χ1n) is 9.35. The van der Waals surface area contributed by atoms with Crippen LogP contribution >= 0.6 is 0 Å². The van der Waals surface area contributed by atoms with Crippen LogP contribution in [0.4, 0.5) is 0 Å². The van der Waals surface area contributed by atoms with E-state index in [0.717, 1.165) is 23.7 Å². The lowest BCUT2D eigenvalue weighted by atomic mass is 9.77. The molecule has 1 aromatic heterocycles. The highest BCUT2D eigenvalue weighted by atomic mass is 14.6. The second-order valence-electron chi connectivity index (χ2n) is 8.78. The Morgan fingerprint density at radius 3 is 2.43 bits per heavy atom. The van der Waals surface area contributed by atoms with Crippen molar-refractivity contribution in [1.29, 1.82) is 0 Å². The molecule has 0 saturated heterocycles. The van der Waals surface area contributed by atoms with Crippen LogP contribution in [0.2, 0.25) is 0 Å². The summed E-state index contributed by atoms with van der Waals surface area (Å²) in [6, 6.07) is 9.24. The molecule has 0 spiro atoms. The van der Waals surface area contributed by atoms with Crippen LogP contribution in [0.15, 0.2) is 30.5 Å². The predicted molar refractivity (Wildman–Crippen MR) is 97.6 cm³/mol. The van der Waals surface area contributed by atoms with Gasteiger partial charge in [0.05, 0.1) is 5.52 Å². The molecule has 1 nitrogen and oxygen atoms in total. The molecule has 2 aliphatic rings. The Morgan fingerprint density at radius 2 is 1.83 bits per heavy atom. The molecular formula is C22H29N. The Kier molecular flexibility index (Phi) is 3.51. The number of hydrogen-bond acceptors (Lipinski definition) is 1. The van der Waals surface area contributed by atoms with Gasteiger partial charge in [-0.25, -0.2) is 0 Å². The van der Waals surface area contributed by atoms with E-state index in [4.69, 9.17) is 0 Å². The molecule has 0 radical (unpaired) electrons. The molecule has 2 saturated carbocycles. The van der Waals surface area contributed by atoms with E-state index in [0.29, 0.717) is 5.41 Å². The first-order chi connectivity index (χ1) is 11.0. The van der Waals surface area contributed by atoms with Crippen molar-refractivity contribution in [3.63, 3.8) is 0 Å². The van der Waals surface area contributed by atoms with Gasteiger partial charge < -0.3 is 0 Å². The van der Waals surface area contributed by atoms with Crippen LogP contribution in [0, 0.1) is 23.2 Å². The number of pyridine rings is 1. The van der Waals surface area contributed by atoms with Gasteiger partial charge in [0.1, 0.15) is 0 Å². The summed E-state index contributed by atoms with van der Waals surface area (Å²) in [7, 11) is 0. The molecule has 1 aromatic carbocycles. The Bertz CT molecular complexity index is 718. The summed E-state index contributed by atoms with van der Waals surface area (Å²) in [5, 5.41) is 1.39. The summed E-state index contributed by atoms with van der Waals surface area (Å²) < 4.78 is 0. The lowest BCUT2D eigenvalue weighted by Gasteiger charge is -2.28. The van der Waals surface area contributed by atoms with Crippen molar-refractivity contribution in [1.82, 2.24) is 4.98 Å². The predicted octanol–water partition coefficient (Wildman–Crippen LogP) is 5.97. The van der Waals surface area contributed by atoms with Gasteiger partial charge in [0.2, 0.25) is 0 Å². The van der Waals surface area contributed by atoms with Crippen LogP contribution in [-0.4, -0.2) is 4.98 Å². The van der Waals surface area contributed by atoms with Crippen molar-refractivity contribution >= 4 is 10.9 Å². The van der Waals surface area contributed by atoms with E-state index in [1.54, 1.807) is 0 Å². The lowest BCUT2D eigenvalue weighted by Crippen LogP contribution is -2.19. The molecule has 1 heteroatoms. The summed E-state index contributed by atoms with van der Waals surface area (Å²) in [4.78, 5) is 4.61. The maximum atomic E-state index is 4.61. The minimum Gasteiger partial charge on any atom is -0.256 e. The average molecular weight is 307 g/mol. The molecule has 0 N–H and O–H groups in total. The topological polar surface area (TPSA) is 12.9 Å². The molecule has 2 fully saturated rings. The first kappa shape index (κ1) is 15.2. The Hall–Kier alpha value is -1.37. The van der Waals surface area contributed by atoms with Crippen molar-refractivity contribution < 1.29 is 0 Å². The molecule has 0 aliphatic heterocycles. The number of fused-ring (bicyclic) bond motifs is 1. The van der Waals surface area contributed by atoms with Gasteiger partial charge in [-0.3, -0.25) is 4.98 Å². The van der Waals surface area contributed by atoms with Crippen molar-refractivity contribution in [2.45, 2.75) is 59.3 Å². The largest absolute Gasteiger partial charge is 0.256 e. The third-order valence-electron chi connectivity index (χ3n) is 6.80. The molecule has 122 valence electrons. The zero-order valence-electron chi connectivity index (χ0n) is 15.0. The maximum Gasteiger partial charge on any atom is 0.0704 e. The number of aromatic nitrogens is 1. The van der Waals surface area contributed by atoms with Crippen LogP contribution in [0.25, 0.3) is 10.9 Å². The summed E-state index contributed by atoms with van der Waals surface area (Å²) >= 11 is 0. The smallest absolute Gasteiger partial charge is 0.0704 e. The van der Waals surface area contributed by atoms with Gasteiger partial charge in [-0.2, -0.15) is 0 Å². The monoisotopic (exact) mass is 307 g/mol. The Balaban J connectivity index is 1.68. The molecule has 2 aliphatic carbocycles. The summed E-state index contributed by atoms with van der Waals surface area (Å²) in [5.74, 6) is 3.41. The fourth-order valence-corrected chi connectivity index (χ4v) is 5.07. The zero-order valence-corrected chi connectivity index (χ0v) is 15.0. The van der Waals surface area contributed by atoms with Gasteiger partial charge >= 0.3 is 0 Å². The Morgan fingerprint density at radius 1 is 1.09 bits per heavy atom. The van der Waals surface area contributed by atoms with Crippen molar-refractivity contribution in [2.75, 3.05) is 0 Å². The molecule has 3 atom stereocenters. The minimum absolute atomic E-state index is 0.375. The maximum absolute atomic E-state index is 4.61. The quantitative estimate of drug-likeness (QED) is 0.677. The highest BCUT2D eigenvalue weighted by Gasteiger charge is 2.51. The van der Waals surface area contributed by atoms with Crippen molar-refractivity contribution in [3.8, 4) is 0 Å². The normalized spacial score (nSPS) is 27.9. The molecular weight excluding hydrogens is 278 g/mol. The SMILES string of the molecule is CC1C(C(C)(C)Cc2ccnc3ccc(C4CCC4)cc23)[C@@H]1C. The van der Waals surface area contributed by atoms with E-state index >= 15 is 0 Å². The van der Waals surface area contributed by atoms with E-state index < -0.39 is 0 Å². The van der Waals surface area contributed by atoms with Gasteiger partial charge in [-0.15, -0.1) is 0 Å². The second-order valence-corrected chi connectivity index (χ2v) is 8.78. The van der Waals surface area contributed by atoms with E-state index in [9.17, 15) is 0 Å². The van der Waals surface area contributed by atoms with E-state index in [2.05, 4.69) is 56.9 Å². The fourth-order valence-electron chi connectivity index (χ4n) is 5.07. The van der Waals surface area contributed by atoms with Crippen LogP contribution in [-0.2, 0) is 6.42 Å². The number of hydrogen-bond donors (Lipinski definition) is 0. The zero-order chi connectivity index (χ0) is 16.2. The highest BCUT2D eigenvalue weighted by Crippen LogP contribution is 2.57. The number of nitrogens with zero attached hydrogens (tertiary/aromatic N) is 1. The molecule has 4 rings (SSSR count). The second kappa shape index (κ2) is 5.33. The summed E-state index contributed by atoms with van der Waals surface area (Å²) in [6.45, 7) is 9.74. The standard InChI is InChI=1S/C22H29N/c1-14-15(2)21(14)22(3,4)13-18-10-11-23-20-9-8-17(12-19(18)20)16-6-5-7-16/h8-12,14-16,21H,5-7,13H2,1-4H3/t14-,15?,21?/m1/s1. The molecule has 0 amide bonds. The van der Waals surface area contributed by atoms with Crippen molar-refractivity contribution in [3.05, 3.63) is 41.6 Å². The van der Waals surface area contributed by atoms with Crippen LogP contribution in [0.1, 0.15) is 64.0 Å². The van der Waals surface area contributed by atoms with Gasteiger partial charge in [0.15, 0.2) is 0 Å². The van der Waals surface area contributed by atoms with Crippen LogP contribution in [0.3, 0.4) is 0 Å². The van der Waals surface area contributed by atoms with Gasteiger partial charge in [-0.05, 0) is 77.7 Å². The van der Waals surface area contributed by atoms with E-state index in [1.165, 1.54) is 47.7 Å². The summed E-state index contributed by atoms with van der Waals surface area (Å²) in [6.07, 6.45) is 7.29. The molecule has 1 heterocycles. The van der Waals surface area contributed by atoms with Gasteiger partial charge in [0, 0.05) is 11.6 Å². The van der Waals surface area contributed by atoms with Crippen molar-refractivity contribution in [2.24, 2.45) is 23.2 Å². The third kappa shape index (κ3) is 2.58. The van der Waals surface area contributed by atoms with E-state index in [1.807, 2.05) is 6.20 Å². The number of benzene rings is 1. The molecule has 2 aromatic rings. The minimum atomic E-state index is 0.375. The highest BCUT2D eigenvalue weighted by molar-refractivity contribution is 5.83. The van der Waals surface area contributed by atoms with Gasteiger partial charge in [-0.1, -0.05) is 40.2 Å². The summed E-state index contributed by atoms with van der Waals surface area (Å²) in [5.41, 5.74) is 4.56. The molecule has 23 heavy (non-hydrogen) atoms. The third-order valence-corrected chi connectivity index (χ3v) is 6.80. The van der Waals surface area contributed by atoms with Crippen LogP contribution < -0.4 is 0 Å². The Labute approximate surface area is 140 Å². The first-order valence-corrected chi connectivity index (χ1v) is 9.35. The average Bonchev–Trinajstić information content (AvgIpc) is 3.05.